The number of aliphatic hydroxyl groups excluding tert-OH is 2. The maximum atomic E-state index is 13.6. The number of carbonyl (C=O) groups is 1. The van der Waals surface area contributed by atoms with Gasteiger partial charge in [0.05, 0.1) is 34.1 Å². The van der Waals surface area contributed by atoms with Gasteiger partial charge in [0.25, 0.3) is 0 Å². The minimum absolute atomic E-state index is 0.0738. The number of likely N-dealkylation sites (tertiary alicyclic amines) is 1. The van der Waals surface area contributed by atoms with E-state index in [2.05, 4.69) is 36.2 Å². The van der Waals surface area contributed by atoms with Crippen molar-refractivity contribution >= 4 is 29.0 Å². The summed E-state index contributed by atoms with van der Waals surface area (Å²) in [5, 5.41) is 21.3. The summed E-state index contributed by atoms with van der Waals surface area (Å²) in [4.78, 5) is 22.2. The Morgan fingerprint density at radius 1 is 1.30 bits per heavy atom. The summed E-state index contributed by atoms with van der Waals surface area (Å²) < 4.78 is 0. The van der Waals surface area contributed by atoms with Gasteiger partial charge in [0.1, 0.15) is 11.1 Å². The smallest absolute Gasteiger partial charge is 0.242 e. The molecule has 0 radical (unpaired) electrons. The van der Waals surface area contributed by atoms with Crippen LogP contribution in [0.15, 0.2) is 29.8 Å². The Morgan fingerprint density at radius 2 is 1.97 bits per heavy atom. The molecule has 1 aromatic heterocycles. The molecule has 5 atom stereocenters. The number of β-amino-alcohol motifs (C(OH)–C–C–N with tert-alkyl or cyclic N) is 1. The lowest BCUT2D eigenvalue weighted by atomic mass is 9.86. The monoisotopic (exact) mass is 490 g/mol. The molecule has 0 spiro atoms. The van der Waals surface area contributed by atoms with Crippen molar-refractivity contribution in [2.75, 3.05) is 12.4 Å². The number of thiazole rings is 1. The quantitative estimate of drug-likeness (QED) is 0.592. The van der Waals surface area contributed by atoms with Crippen LogP contribution in [0.2, 0.25) is 0 Å². The Labute approximate surface area is 204 Å². The first-order valence-electron chi connectivity index (χ1n) is 11.3. The number of benzene rings is 1. The molecule has 0 saturated carbocycles. The van der Waals surface area contributed by atoms with Gasteiger partial charge in [-0.1, -0.05) is 45.0 Å². The van der Waals surface area contributed by atoms with E-state index < -0.39 is 29.3 Å². The summed E-state index contributed by atoms with van der Waals surface area (Å²) in [6.45, 7) is 10.2. The number of amides is 1. The molecule has 9 heteroatoms. The normalized spacial score (nSPS) is 27.9. The minimum atomic E-state index is -1.00. The number of nitrogens with two attached hydrogens (primary N) is 1. The first-order valence-corrected chi connectivity index (χ1v) is 13.1. The Balaban J connectivity index is 1.54. The van der Waals surface area contributed by atoms with Gasteiger partial charge in [-0.05, 0) is 36.8 Å². The van der Waals surface area contributed by atoms with Gasteiger partial charge in [0, 0.05) is 12.6 Å². The molecule has 2 saturated heterocycles. The fourth-order valence-corrected chi connectivity index (χ4v) is 6.53. The molecule has 0 bridgehead atoms. The van der Waals surface area contributed by atoms with Crippen LogP contribution in [0.25, 0.3) is 10.4 Å². The van der Waals surface area contributed by atoms with Gasteiger partial charge in [-0.25, -0.2) is 4.98 Å². The number of aromatic nitrogens is 1. The van der Waals surface area contributed by atoms with Gasteiger partial charge in [0.2, 0.25) is 5.91 Å². The van der Waals surface area contributed by atoms with E-state index in [9.17, 15) is 15.0 Å². The highest BCUT2D eigenvalue weighted by Gasteiger charge is 2.51. The number of nitrogens with zero attached hydrogens (tertiary/aromatic N) is 3. The highest BCUT2D eigenvalue weighted by atomic mass is 32.2. The van der Waals surface area contributed by atoms with Crippen molar-refractivity contribution in [3.05, 3.63) is 41.0 Å². The summed E-state index contributed by atoms with van der Waals surface area (Å²) in [5.41, 5.74) is 11.0. The number of hydrogen-bond donors (Lipinski definition) is 3. The predicted octanol–water partition coefficient (Wildman–Crippen LogP) is 2.95. The summed E-state index contributed by atoms with van der Waals surface area (Å²) in [7, 11) is 0. The van der Waals surface area contributed by atoms with Gasteiger partial charge in [-0.2, -0.15) is 0 Å². The van der Waals surface area contributed by atoms with Crippen molar-refractivity contribution in [2.45, 2.75) is 70.3 Å². The van der Waals surface area contributed by atoms with Crippen molar-refractivity contribution < 1.29 is 15.0 Å². The van der Waals surface area contributed by atoms with Gasteiger partial charge >= 0.3 is 0 Å². The summed E-state index contributed by atoms with van der Waals surface area (Å²) in [6, 6.07) is 7.18. The fourth-order valence-electron chi connectivity index (χ4n) is 4.55. The molecule has 1 aromatic carbocycles. The van der Waals surface area contributed by atoms with Crippen LogP contribution in [-0.4, -0.2) is 67.7 Å². The SMILES string of the molecule is Cc1ncsc1-c1ccc([C@]2(C)SCN2C(=O)[C@@H]2C[C@@H](O)CN2C(O)[C@@H](N)C(C)(C)C)cc1. The molecule has 4 N–H and O–H groups in total. The zero-order valence-electron chi connectivity index (χ0n) is 19.9. The van der Waals surface area contributed by atoms with E-state index in [0.717, 1.165) is 21.7 Å². The predicted molar refractivity (Wildman–Crippen MR) is 133 cm³/mol. The summed E-state index contributed by atoms with van der Waals surface area (Å²) >= 11 is 3.33. The van der Waals surface area contributed by atoms with Crippen molar-refractivity contribution in [1.82, 2.24) is 14.8 Å². The lowest BCUT2D eigenvalue weighted by molar-refractivity contribution is -0.145. The van der Waals surface area contributed by atoms with Gasteiger partial charge in [-0.15, -0.1) is 23.1 Å². The molecule has 7 nitrogen and oxygen atoms in total. The number of carbonyl (C=O) groups excluding carboxylic acids is 1. The number of aryl methyl sites for hydroxylation is 1. The number of hydrogen-bond acceptors (Lipinski definition) is 8. The Kier molecular flexibility index (Phi) is 6.67. The molecular weight excluding hydrogens is 456 g/mol. The van der Waals surface area contributed by atoms with Crippen LogP contribution in [0.3, 0.4) is 0 Å². The van der Waals surface area contributed by atoms with E-state index >= 15 is 0 Å². The lowest BCUT2D eigenvalue weighted by Gasteiger charge is -2.51. The first-order chi connectivity index (χ1) is 15.4. The number of aliphatic hydroxyl groups is 2. The maximum absolute atomic E-state index is 13.6. The minimum Gasteiger partial charge on any atom is -0.392 e. The molecule has 2 aliphatic rings. The highest BCUT2D eigenvalue weighted by Crippen LogP contribution is 2.50. The van der Waals surface area contributed by atoms with Crippen molar-refractivity contribution in [3.8, 4) is 10.4 Å². The second kappa shape index (κ2) is 8.94. The average molecular weight is 491 g/mol. The van der Waals surface area contributed by atoms with Crippen LogP contribution in [-0.2, 0) is 9.67 Å². The summed E-state index contributed by atoms with van der Waals surface area (Å²) in [5.74, 6) is 0.503. The van der Waals surface area contributed by atoms with E-state index in [1.54, 1.807) is 28.0 Å². The third kappa shape index (κ3) is 4.47. The molecular formula is C24H34N4O3S2. The van der Waals surface area contributed by atoms with Gasteiger partial charge < -0.3 is 20.8 Å². The fraction of sp³-hybridized carbons (Fsp3) is 0.583. The zero-order valence-corrected chi connectivity index (χ0v) is 21.5. The van der Waals surface area contributed by atoms with Crippen LogP contribution in [0.4, 0.5) is 0 Å². The second-order valence-corrected chi connectivity index (χ2v) is 12.5. The Hall–Kier alpha value is -1.49. The Morgan fingerprint density at radius 3 is 2.48 bits per heavy atom. The molecule has 180 valence electrons. The first kappa shape index (κ1) is 24.6. The molecule has 2 aromatic rings. The third-order valence-corrected chi connectivity index (χ3v) is 9.33. The molecule has 2 fully saturated rings. The third-order valence-electron chi connectivity index (χ3n) is 6.95. The van der Waals surface area contributed by atoms with Crippen LogP contribution < -0.4 is 5.73 Å². The number of rotatable bonds is 5. The van der Waals surface area contributed by atoms with E-state index in [1.807, 2.05) is 38.1 Å². The van der Waals surface area contributed by atoms with Crippen LogP contribution in [0.1, 0.15) is 45.4 Å². The van der Waals surface area contributed by atoms with Crippen LogP contribution in [0, 0.1) is 12.3 Å². The molecule has 4 rings (SSSR count). The molecule has 3 heterocycles. The maximum Gasteiger partial charge on any atom is 0.242 e. The van der Waals surface area contributed by atoms with Crippen molar-refractivity contribution in [1.29, 1.82) is 0 Å². The molecule has 2 aliphatic heterocycles. The molecule has 1 amide bonds. The topological polar surface area (TPSA) is 103 Å². The van der Waals surface area contributed by atoms with E-state index in [-0.39, 0.29) is 17.9 Å². The highest BCUT2D eigenvalue weighted by molar-refractivity contribution is 8.01. The zero-order chi connectivity index (χ0) is 24.1. The van der Waals surface area contributed by atoms with E-state index in [0.29, 0.717) is 12.3 Å². The standard InChI is InChI=1S/C24H34N4O3S2/c1-14-19(32-12-26-14)15-6-8-16(9-7-15)24(5)28(13-33-24)21(30)18-10-17(29)11-27(18)22(31)20(25)23(2,3)4/h6-9,12,17-18,20,22,29,31H,10-11,13,25H2,1-5H3/t17-,18+,20-,22?,24+/m1/s1. The van der Waals surface area contributed by atoms with Crippen LogP contribution >= 0.6 is 23.1 Å². The van der Waals surface area contributed by atoms with E-state index in [1.165, 1.54) is 0 Å². The van der Waals surface area contributed by atoms with Crippen molar-refractivity contribution in [2.24, 2.45) is 11.1 Å². The Bertz CT molecular complexity index is 1010. The van der Waals surface area contributed by atoms with Crippen LogP contribution in [0.5, 0.6) is 0 Å². The number of thioether (sulfide) groups is 1. The largest absolute Gasteiger partial charge is 0.392 e. The van der Waals surface area contributed by atoms with Crippen molar-refractivity contribution in [3.63, 3.8) is 0 Å². The van der Waals surface area contributed by atoms with Gasteiger partial charge in [-0.3, -0.25) is 9.69 Å². The molecule has 1 unspecified atom stereocenters. The van der Waals surface area contributed by atoms with E-state index in [4.69, 9.17) is 5.73 Å². The van der Waals surface area contributed by atoms with Gasteiger partial charge in [0.15, 0.2) is 0 Å². The molecule has 0 aliphatic carbocycles. The molecule has 33 heavy (non-hydrogen) atoms. The lowest BCUT2D eigenvalue weighted by Crippen LogP contribution is -2.62. The second-order valence-electron chi connectivity index (χ2n) is 10.3. The average Bonchev–Trinajstić information content (AvgIpc) is 3.36. The summed E-state index contributed by atoms with van der Waals surface area (Å²) in [6.07, 6.45) is -1.37.